The van der Waals surface area contributed by atoms with E-state index in [-0.39, 0.29) is 28.3 Å². The fraction of sp³-hybridized carbons (Fsp3) is 0.214. The van der Waals surface area contributed by atoms with Crippen LogP contribution in [-0.4, -0.2) is 49.0 Å². The molecule has 0 aliphatic carbocycles. The van der Waals surface area contributed by atoms with Crippen molar-refractivity contribution >= 4 is 40.8 Å². The molecule has 3 amide bonds. The van der Waals surface area contributed by atoms with E-state index in [0.29, 0.717) is 17.0 Å². The molecule has 1 fully saturated rings. The second-order valence-corrected chi connectivity index (χ2v) is 8.94. The van der Waals surface area contributed by atoms with E-state index in [2.05, 4.69) is 10.2 Å². The van der Waals surface area contributed by atoms with Gasteiger partial charge in [0.25, 0.3) is 17.7 Å². The average molecular weight is 500 g/mol. The number of piperidine rings is 1. The minimum Gasteiger partial charge on any atom is -0.497 e. The molecule has 1 saturated heterocycles. The fourth-order valence-corrected chi connectivity index (χ4v) is 4.74. The highest BCUT2D eigenvalue weighted by Crippen LogP contribution is 2.34. The Labute approximate surface area is 213 Å². The molecule has 0 saturated carbocycles. The highest BCUT2D eigenvalue weighted by atomic mass is 16.5. The highest BCUT2D eigenvalue weighted by molar-refractivity contribution is 6.35. The van der Waals surface area contributed by atoms with Crippen molar-refractivity contribution in [2.45, 2.75) is 19.3 Å². The topological polar surface area (TPSA) is 116 Å². The molecule has 9 nitrogen and oxygen atoms in total. The Hall–Kier alpha value is -4.66. The Balaban J connectivity index is 1.52. The van der Waals surface area contributed by atoms with Crippen molar-refractivity contribution in [3.63, 3.8) is 0 Å². The molecular formula is C28H25N3O6. The van der Waals surface area contributed by atoms with Crippen LogP contribution in [0.1, 0.15) is 60.7 Å². The Kier molecular flexibility index (Phi) is 6.35. The number of fused-ring (bicyclic) bond motifs is 1. The van der Waals surface area contributed by atoms with Crippen LogP contribution in [0, 0.1) is 0 Å². The van der Waals surface area contributed by atoms with Gasteiger partial charge in [0.15, 0.2) is 0 Å². The second kappa shape index (κ2) is 9.77. The normalized spacial score (nSPS) is 14.9. The lowest BCUT2D eigenvalue weighted by Crippen LogP contribution is -2.33. The summed E-state index contributed by atoms with van der Waals surface area (Å²) < 4.78 is 5.18. The lowest BCUT2D eigenvalue weighted by atomic mass is 10.0. The zero-order valence-electron chi connectivity index (χ0n) is 20.2. The first-order chi connectivity index (χ1) is 17.9. The summed E-state index contributed by atoms with van der Waals surface area (Å²) in [4.78, 5) is 54.3. The number of imide groups is 1. The number of carbonyl (C=O) groups excluding carboxylic acids is 3. The van der Waals surface area contributed by atoms with Crippen molar-refractivity contribution in [2.24, 2.45) is 0 Å². The molecule has 0 atom stereocenters. The van der Waals surface area contributed by atoms with Gasteiger partial charge in [0.05, 0.1) is 35.1 Å². The van der Waals surface area contributed by atoms with E-state index >= 15 is 0 Å². The van der Waals surface area contributed by atoms with Gasteiger partial charge in [0.2, 0.25) is 0 Å². The van der Waals surface area contributed by atoms with E-state index < -0.39 is 17.8 Å². The molecule has 2 aliphatic heterocycles. The molecule has 0 spiro atoms. The van der Waals surface area contributed by atoms with Gasteiger partial charge in [-0.15, -0.1) is 0 Å². The van der Waals surface area contributed by atoms with Gasteiger partial charge in [-0.2, -0.15) is 0 Å². The summed E-state index contributed by atoms with van der Waals surface area (Å²) in [6.45, 7) is 1.60. The largest absolute Gasteiger partial charge is 0.497 e. The summed E-state index contributed by atoms with van der Waals surface area (Å²) >= 11 is 0. The quantitative estimate of drug-likeness (QED) is 0.482. The molecule has 0 radical (unpaired) electrons. The summed E-state index contributed by atoms with van der Waals surface area (Å²) in [6.07, 6.45) is 3.13. The number of amides is 3. The van der Waals surface area contributed by atoms with Crippen LogP contribution in [0.25, 0.3) is 0 Å². The van der Waals surface area contributed by atoms with Crippen LogP contribution in [0.15, 0.2) is 60.7 Å². The van der Waals surface area contributed by atoms with E-state index in [1.54, 1.807) is 49.6 Å². The van der Waals surface area contributed by atoms with E-state index in [1.165, 1.54) is 18.2 Å². The predicted molar refractivity (Wildman–Crippen MR) is 138 cm³/mol. The SMILES string of the molecule is COc1ccc(NC(=O)c2cc(N3C(=O)c4ccc(C(=O)O)cc4C3=O)ccc2N2CCCCC2)cc1. The number of rotatable bonds is 6. The predicted octanol–water partition coefficient (Wildman–Crippen LogP) is 4.44. The molecule has 2 heterocycles. The number of hydrogen-bond acceptors (Lipinski definition) is 6. The summed E-state index contributed by atoms with van der Waals surface area (Å²) in [6, 6.07) is 15.7. The average Bonchev–Trinajstić information content (AvgIpc) is 3.18. The Morgan fingerprint density at radius 1 is 0.865 bits per heavy atom. The van der Waals surface area contributed by atoms with Crippen molar-refractivity contribution < 1.29 is 29.0 Å². The number of methoxy groups -OCH3 is 1. The van der Waals surface area contributed by atoms with Gasteiger partial charge in [-0.3, -0.25) is 14.4 Å². The molecule has 0 aromatic heterocycles. The van der Waals surface area contributed by atoms with Gasteiger partial charge in [-0.05, 0) is 79.9 Å². The van der Waals surface area contributed by atoms with Crippen molar-refractivity contribution in [3.8, 4) is 5.75 Å². The number of carbonyl (C=O) groups is 4. The van der Waals surface area contributed by atoms with Crippen molar-refractivity contribution in [1.29, 1.82) is 0 Å². The van der Waals surface area contributed by atoms with Crippen LogP contribution in [-0.2, 0) is 0 Å². The molecule has 3 aromatic carbocycles. The molecule has 5 rings (SSSR count). The van der Waals surface area contributed by atoms with Gasteiger partial charge in [0, 0.05) is 24.5 Å². The van der Waals surface area contributed by atoms with Crippen LogP contribution < -0.4 is 19.9 Å². The molecule has 3 aromatic rings. The number of benzene rings is 3. The van der Waals surface area contributed by atoms with Crippen LogP contribution in [0.2, 0.25) is 0 Å². The zero-order valence-corrected chi connectivity index (χ0v) is 20.2. The van der Waals surface area contributed by atoms with Crippen LogP contribution >= 0.6 is 0 Å². The van der Waals surface area contributed by atoms with Crippen molar-refractivity contribution in [1.82, 2.24) is 0 Å². The Morgan fingerprint density at radius 2 is 1.57 bits per heavy atom. The van der Waals surface area contributed by atoms with Crippen LogP contribution in [0.3, 0.4) is 0 Å². The van der Waals surface area contributed by atoms with E-state index in [4.69, 9.17) is 4.74 Å². The first-order valence-electron chi connectivity index (χ1n) is 12.0. The van der Waals surface area contributed by atoms with Crippen LogP contribution in [0.4, 0.5) is 17.1 Å². The first kappa shape index (κ1) is 24.1. The first-order valence-corrected chi connectivity index (χ1v) is 12.0. The minimum absolute atomic E-state index is 0.0224. The van der Waals surface area contributed by atoms with Crippen LogP contribution in [0.5, 0.6) is 5.75 Å². The number of carboxylic acids is 1. The molecule has 2 aliphatic rings. The third-order valence-corrected chi connectivity index (χ3v) is 6.66. The van der Waals surface area contributed by atoms with Gasteiger partial charge in [-0.1, -0.05) is 0 Å². The van der Waals surface area contributed by atoms with Crippen molar-refractivity contribution in [2.75, 3.05) is 35.3 Å². The number of anilines is 3. The number of nitrogens with zero attached hydrogens (tertiary/aromatic N) is 2. The second-order valence-electron chi connectivity index (χ2n) is 8.94. The standard InChI is InChI=1S/C28H25N3O6/c1-37-20-9-6-18(7-10-20)29-25(32)23-16-19(8-12-24(23)30-13-3-2-4-14-30)31-26(33)21-11-5-17(28(35)36)15-22(21)27(31)34/h5-12,15-16H,2-4,13-14H2,1H3,(H,29,32)(H,35,36). The molecule has 37 heavy (non-hydrogen) atoms. The molecular weight excluding hydrogens is 474 g/mol. The lowest BCUT2D eigenvalue weighted by Gasteiger charge is -2.31. The lowest BCUT2D eigenvalue weighted by molar-refractivity contribution is 0.0696. The van der Waals surface area contributed by atoms with Gasteiger partial charge < -0.3 is 20.1 Å². The number of hydrogen-bond donors (Lipinski definition) is 2. The number of ether oxygens (including phenoxy) is 1. The third kappa shape index (κ3) is 4.51. The number of carboxylic acid groups (broad SMARTS) is 1. The van der Waals surface area contributed by atoms with Gasteiger partial charge in [0.1, 0.15) is 5.75 Å². The smallest absolute Gasteiger partial charge is 0.335 e. The van der Waals surface area contributed by atoms with E-state index in [1.807, 2.05) is 0 Å². The molecule has 0 bridgehead atoms. The fourth-order valence-electron chi connectivity index (χ4n) is 4.74. The zero-order chi connectivity index (χ0) is 26.1. The Morgan fingerprint density at radius 3 is 2.24 bits per heavy atom. The maximum absolute atomic E-state index is 13.5. The monoisotopic (exact) mass is 499 g/mol. The number of aromatic carboxylic acids is 1. The summed E-state index contributed by atoms with van der Waals surface area (Å²) in [7, 11) is 1.56. The maximum Gasteiger partial charge on any atom is 0.335 e. The van der Waals surface area contributed by atoms with Crippen molar-refractivity contribution in [3.05, 3.63) is 82.9 Å². The summed E-state index contributed by atoms with van der Waals surface area (Å²) in [5, 5.41) is 12.2. The highest BCUT2D eigenvalue weighted by Gasteiger charge is 2.38. The summed E-state index contributed by atoms with van der Waals surface area (Å²) in [5.74, 6) is -2.10. The van der Waals surface area contributed by atoms with Gasteiger partial charge >= 0.3 is 5.97 Å². The molecule has 188 valence electrons. The molecule has 0 unspecified atom stereocenters. The number of nitrogens with one attached hydrogen (secondary N) is 1. The molecule has 2 N–H and O–H groups in total. The van der Waals surface area contributed by atoms with E-state index in [0.717, 1.165) is 42.9 Å². The minimum atomic E-state index is -1.19. The van der Waals surface area contributed by atoms with E-state index in [9.17, 15) is 24.3 Å². The Bertz CT molecular complexity index is 1410. The summed E-state index contributed by atoms with van der Waals surface area (Å²) in [5.41, 5.74) is 1.93. The van der Waals surface area contributed by atoms with Gasteiger partial charge in [-0.25, -0.2) is 9.69 Å². The molecule has 9 heteroatoms. The third-order valence-electron chi connectivity index (χ3n) is 6.66. The maximum atomic E-state index is 13.5.